The number of aromatic nitrogens is 1. The summed E-state index contributed by atoms with van der Waals surface area (Å²) < 4.78 is 47.7. The van der Waals surface area contributed by atoms with E-state index < -0.39 is 17.9 Å². The molecule has 15 heteroatoms. The average molecular weight is 830 g/mol. The number of benzene rings is 3. The number of thiocarbonyl (C=S) groups is 1. The number of carbonyl (C=O) groups excluding carboxylic acids is 4. The molecule has 1 atom stereocenters. The van der Waals surface area contributed by atoms with Crippen LogP contribution in [0.4, 0.5) is 14.5 Å². The summed E-state index contributed by atoms with van der Waals surface area (Å²) in [6, 6.07) is 17.9. The summed E-state index contributed by atoms with van der Waals surface area (Å²) in [7, 11) is 0. The second-order valence-electron chi connectivity index (χ2n) is 15.3. The normalized spacial score (nSPS) is 17.9. The van der Waals surface area contributed by atoms with Crippen LogP contribution < -0.4 is 21.1 Å². The van der Waals surface area contributed by atoms with Crippen LogP contribution in [0.3, 0.4) is 0 Å². The number of unbranched alkanes of at least 4 members (excludes halogenated alkanes) is 1. The Morgan fingerprint density at radius 3 is 2.42 bits per heavy atom. The molecule has 1 aliphatic carbocycles. The van der Waals surface area contributed by atoms with E-state index >= 15 is 0 Å². The highest BCUT2D eigenvalue weighted by atomic mass is 32.1. The fourth-order valence-corrected chi connectivity index (χ4v) is 8.17. The summed E-state index contributed by atoms with van der Waals surface area (Å²) in [6.07, 6.45) is 5.28. The summed E-state index contributed by atoms with van der Waals surface area (Å²) >= 11 is 5.20. The van der Waals surface area contributed by atoms with Gasteiger partial charge in [0.05, 0.1) is 31.7 Å². The lowest BCUT2D eigenvalue weighted by Gasteiger charge is -2.29. The van der Waals surface area contributed by atoms with Crippen LogP contribution in [-0.4, -0.2) is 83.1 Å². The van der Waals surface area contributed by atoms with Gasteiger partial charge in [0, 0.05) is 84.6 Å². The molecule has 1 saturated heterocycles. The highest BCUT2D eigenvalue weighted by Crippen LogP contribution is 2.42. The van der Waals surface area contributed by atoms with Gasteiger partial charge in [-0.25, -0.2) is 8.78 Å². The summed E-state index contributed by atoms with van der Waals surface area (Å²) in [5.41, 5.74) is 11.2. The van der Waals surface area contributed by atoms with Gasteiger partial charge in [-0.2, -0.15) is 0 Å². The van der Waals surface area contributed by atoms with Gasteiger partial charge >= 0.3 is 0 Å². The third kappa shape index (κ3) is 10.1. The number of hydrogen-bond acceptors (Lipinski definition) is 8. The van der Waals surface area contributed by atoms with Crippen molar-refractivity contribution in [3.8, 4) is 16.9 Å². The van der Waals surface area contributed by atoms with E-state index in [4.69, 9.17) is 32.2 Å². The van der Waals surface area contributed by atoms with Gasteiger partial charge in [0.1, 0.15) is 16.8 Å². The van der Waals surface area contributed by atoms with E-state index in [9.17, 15) is 28.0 Å². The predicted octanol–water partition coefficient (Wildman–Crippen LogP) is 7.07. The molecule has 1 saturated carbocycles. The van der Waals surface area contributed by atoms with Crippen LogP contribution in [0.15, 0.2) is 66.9 Å². The monoisotopic (exact) mass is 829 g/mol. The molecule has 312 valence electrons. The van der Waals surface area contributed by atoms with Crippen molar-refractivity contribution in [1.29, 1.82) is 0 Å². The smallest absolute Gasteiger partial charge is 0.255 e. The number of hydrogen-bond donors (Lipinski definition) is 3. The molecule has 1 aromatic heterocycles. The van der Waals surface area contributed by atoms with Crippen molar-refractivity contribution >= 4 is 57.4 Å². The van der Waals surface area contributed by atoms with Crippen LogP contribution >= 0.6 is 12.2 Å². The zero-order valence-electron chi connectivity index (χ0n) is 32.8. The third-order valence-corrected chi connectivity index (χ3v) is 11.4. The van der Waals surface area contributed by atoms with E-state index in [-0.39, 0.29) is 62.6 Å². The van der Waals surface area contributed by atoms with Crippen molar-refractivity contribution < 1.29 is 42.2 Å². The van der Waals surface area contributed by atoms with Gasteiger partial charge in [0.2, 0.25) is 23.6 Å². The first-order valence-corrected chi connectivity index (χ1v) is 20.7. The number of fused-ring (bicyclic) bond motifs is 2. The molecule has 2 aliphatic heterocycles. The number of anilines is 1. The molecule has 12 nitrogen and oxygen atoms in total. The molecule has 3 aromatic carbocycles. The fourth-order valence-electron chi connectivity index (χ4n) is 8.04. The zero-order chi connectivity index (χ0) is 41.5. The molecule has 59 heavy (non-hydrogen) atoms. The van der Waals surface area contributed by atoms with Gasteiger partial charge in [0.25, 0.3) is 5.91 Å². The standard InChI is InChI=1S/C44H49F2N5O7S/c45-44(46)17-14-31(15-18-44)50-26-34(28-6-3-7-29(24-28)41(47)59)32-11-10-30(25-37(32)50)48-40(53)16-23-57-21-5-20-56-19-1-2-22-58-38-9-4-8-33-35(38)27-51(43(33)55)36-12-13-39(52)49-42(36)54/h3-4,6-11,24-26,31,36H,1-2,5,12-23,27H2,(H2,47,59)(H,48,53)(H,49,52,54). The molecular weight excluding hydrogens is 781 g/mol. The Hall–Kier alpha value is -5.25. The number of nitrogens with two attached hydrogens (primary N) is 1. The molecule has 0 bridgehead atoms. The molecule has 3 aliphatic rings. The van der Waals surface area contributed by atoms with E-state index in [1.165, 1.54) is 4.90 Å². The summed E-state index contributed by atoms with van der Waals surface area (Å²) in [4.78, 5) is 51.6. The Balaban J connectivity index is 0.804. The number of ether oxygens (including phenoxy) is 3. The molecule has 4 N–H and O–H groups in total. The largest absolute Gasteiger partial charge is 0.493 e. The number of alkyl halides is 2. The van der Waals surface area contributed by atoms with Crippen LogP contribution in [0, 0.1) is 0 Å². The predicted molar refractivity (Wildman–Crippen MR) is 222 cm³/mol. The minimum absolute atomic E-state index is 0.0974. The van der Waals surface area contributed by atoms with Crippen molar-refractivity contribution in [1.82, 2.24) is 14.8 Å². The first kappa shape index (κ1) is 41.9. The third-order valence-electron chi connectivity index (χ3n) is 11.2. The number of nitrogens with one attached hydrogen (secondary N) is 2. The number of halogens is 2. The zero-order valence-corrected chi connectivity index (χ0v) is 33.6. The molecule has 0 radical (unpaired) electrons. The SMILES string of the molecule is NC(=S)c1cccc(-c2cn(C3CCC(F)(F)CC3)c3cc(NC(=O)CCOCCCOCCCCOc4cccc5c4CN(C4CCC(=O)NC4=O)C5=O)ccc23)c1. The lowest BCUT2D eigenvalue weighted by atomic mass is 9.92. The summed E-state index contributed by atoms with van der Waals surface area (Å²) in [5.74, 6) is -3.22. The van der Waals surface area contributed by atoms with Crippen molar-refractivity contribution in [2.45, 2.75) is 88.8 Å². The number of imide groups is 1. The summed E-state index contributed by atoms with van der Waals surface area (Å²) in [6.45, 7) is 2.47. The Morgan fingerprint density at radius 2 is 1.64 bits per heavy atom. The van der Waals surface area contributed by atoms with Gasteiger partial charge < -0.3 is 34.7 Å². The van der Waals surface area contributed by atoms with E-state index in [1.54, 1.807) is 12.1 Å². The Morgan fingerprint density at radius 1 is 0.898 bits per heavy atom. The van der Waals surface area contributed by atoms with E-state index in [0.717, 1.165) is 46.0 Å². The maximum Gasteiger partial charge on any atom is 0.255 e. The van der Waals surface area contributed by atoms with Crippen molar-refractivity contribution in [3.63, 3.8) is 0 Å². The average Bonchev–Trinajstić information content (AvgIpc) is 3.76. The maximum atomic E-state index is 14.1. The molecular formula is C44H49F2N5O7S. The van der Waals surface area contributed by atoms with Gasteiger partial charge in [-0.15, -0.1) is 0 Å². The van der Waals surface area contributed by atoms with Crippen LogP contribution in [0.5, 0.6) is 5.75 Å². The number of rotatable bonds is 18. The first-order valence-electron chi connectivity index (χ1n) is 20.2. The molecule has 7 rings (SSSR count). The number of carbonyl (C=O) groups is 4. The minimum atomic E-state index is -2.65. The molecule has 4 amide bonds. The van der Waals surface area contributed by atoms with Crippen molar-refractivity contribution in [3.05, 3.63) is 83.6 Å². The molecule has 0 spiro atoms. The number of nitrogens with zero attached hydrogens (tertiary/aromatic N) is 2. The number of amides is 4. The van der Waals surface area contributed by atoms with Crippen molar-refractivity contribution in [2.24, 2.45) is 5.73 Å². The topological polar surface area (TPSA) is 154 Å². The Labute approximate surface area is 346 Å². The quantitative estimate of drug-likeness (QED) is 0.0543. The van der Waals surface area contributed by atoms with Gasteiger partial charge in [0.15, 0.2) is 0 Å². The highest BCUT2D eigenvalue weighted by molar-refractivity contribution is 7.80. The Bertz CT molecular complexity index is 2220. The van der Waals surface area contributed by atoms with Gasteiger partial charge in [-0.3, -0.25) is 24.5 Å². The van der Waals surface area contributed by atoms with Crippen LogP contribution in [0.2, 0.25) is 0 Å². The fraction of sp³-hybridized carbons (Fsp3) is 0.432. The summed E-state index contributed by atoms with van der Waals surface area (Å²) in [5, 5.41) is 6.23. The first-order chi connectivity index (χ1) is 28.5. The lowest BCUT2D eigenvalue weighted by molar-refractivity contribution is -0.137. The number of piperidine rings is 1. The molecule has 3 heterocycles. The van der Waals surface area contributed by atoms with Crippen LogP contribution in [0.25, 0.3) is 22.0 Å². The van der Waals surface area contributed by atoms with Crippen LogP contribution in [-0.2, 0) is 30.4 Å². The molecule has 1 unspecified atom stereocenters. The highest BCUT2D eigenvalue weighted by Gasteiger charge is 2.40. The molecule has 2 fully saturated rings. The maximum absolute atomic E-state index is 14.1. The Kier molecular flexibility index (Phi) is 13.3. The van der Waals surface area contributed by atoms with E-state index in [2.05, 4.69) is 15.2 Å². The van der Waals surface area contributed by atoms with E-state index in [1.807, 2.05) is 54.7 Å². The van der Waals surface area contributed by atoms with E-state index in [0.29, 0.717) is 74.1 Å². The van der Waals surface area contributed by atoms with Crippen molar-refractivity contribution in [2.75, 3.05) is 38.4 Å². The van der Waals surface area contributed by atoms with Crippen LogP contribution in [0.1, 0.15) is 91.7 Å². The van der Waals surface area contributed by atoms with Gasteiger partial charge in [-0.1, -0.05) is 42.5 Å². The lowest BCUT2D eigenvalue weighted by Crippen LogP contribution is -2.52. The second kappa shape index (κ2) is 18.8. The minimum Gasteiger partial charge on any atom is -0.493 e. The van der Waals surface area contributed by atoms with Gasteiger partial charge in [-0.05, 0) is 74.4 Å². The second-order valence-corrected chi connectivity index (χ2v) is 15.8. The molecule has 4 aromatic rings.